The van der Waals surface area contributed by atoms with Crippen LogP contribution in [-0.4, -0.2) is 42.6 Å². The first kappa shape index (κ1) is 23.2. The van der Waals surface area contributed by atoms with Crippen LogP contribution < -0.4 is 5.32 Å². The second kappa shape index (κ2) is 9.61. The third-order valence-electron chi connectivity index (χ3n) is 4.82. The largest absolute Gasteiger partial charge is 0.411 e. The van der Waals surface area contributed by atoms with Gasteiger partial charge in [-0.15, -0.1) is 0 Å². The van der Waals surface area contributed by atoms with Crippen LogP contribution in [0.1, 0.15) is 44.7 Å². The van der Waals surface area contributed by atoms with E-state index in [-0.39, 0.29) is 24.3 Å². The molecule has 1 aromatic rings. The highest BCUT2D eigenvalue weighted by Crippen LogP contribution is 2.23. The topological polar surface area (TPSA) is 58.6 Å². The third-order valence-corrected chi connectivity index (χ3v) is 4.82. The molecule has 0 spiro atoms. The minimum Gasteiger partial charge on any atom is -0.367 e. The summed E-state index contributed by atoms with van der Waals surface area (Å²) in [6.07, 6.45) is -3.05. The summed E-state index contributed by atoms with van der Waals surface area (Å²) in [5, 5.41) is 2.90. The molecule has 1 aliphatic heterocycles. The first-order chi connectivity index (χ1) is 13.5. The van der Waals surface area contributed by atoms with Gasteiger partial charge in [-0.05, 0) is 24.0 Å². The number of amides is 2. The number of hydrogen-bond acceptors (Lipinski definition) is 3. The fraction of sp³-hybridized carbons (Fsp3) is 0.619. The van der Waals surface area contributed by atoms with Crippen LogP contribution >= 0.6 is 0 Å². The van der Waals surface area contributed by atoms with Gasteiger partial charge < -0.3 is 15.0 Å². The molecule has 0 unspecified atom stereocenters. The molecule has 1 N–H and O–H groups in total. The van der Waals surface area contributed by atoms with E-state index >= 15 is 0 Å². The van der Waals surface area contributed by atoms with Crippen molar-refractivity contribution in [1.82, 2.24) is 10.2 Å². The van der Waals surface area contributed by atoms with Crippen LogP contribution in [-0.2, 0) is 27.5 Å². The lowest BCUT2D eigenvalue weighted by atomic mass is 9.90. The Morgan fingerprint density at radius 3 is 2.14 bits per heavy atom. The van der Waals surface area contributed by atoms with Gasteiger partial charge in [-0.3, -0.25) is 9.59 Å². The van der Waals surface area contributed by atoms with Crippen molar-refractivity contribution in [2.75, 3.05) is 19.7 Å². The van der Waals surface area contributed by atoms with E-state index in [2.05, 4.69) is 10.1 Å². The van der Waals surface area contributed by atoms with Crippen molar-refractivity contribution in [3.8, 4) is 0 Å². The molecule has 0 aromatic heterocycles. The zero-order chi connectivity index (χ0) is 21.7. The van der Waals surface area contributed by atoms with Crippen molar-refractivity contribution in [2.24, 2.45) is 11.3 Å². The van der Waals surface area contributed by atoms with Gasteiger partial charge >= 0.3 is 6.18 Å². The van der Waals surface area contributed by atoms with Crippen LogP contribution in [0.25, 0.3) is 0 Å². The van der Waals surface area contributed by atoms with E-state index in [1.165, 1.54) is 0 Å². The number of piperidine rings is 1. The van der Waals surface area contributed by atoms with E-state index < -0.39 is 18.2 Å². The molecule has 1 heterocycles. The minimum absolute atomic E-state index is 0.0366. The maximum absolute atomic E-state index is 12.4. The number of nitrogens with zero attached hydrogens (tertiary/aromatic N) is 1. The normalized spacial score (nSPS) is 16.0. The van der Waals surface area contributed by atoms with Gasteiger partial charge in [0.2, 0.25) is 11.8 Å². The molecule has 1 aliphatic rings. The lowest BCUT2D eigenvalue weighted by molar-refractivity contribution is -0.176. The zero-order valence-electron chi connectivity index (χ0n) is 17.1. The van der Waals surface area contributed by atoms with Gasteiger partial charge in [0.05, 0.1) is 6.61 Å². The Bertz CT molecular complexity index is 689. The minimum atomic E-state index is -4.33. The van der Waals surface area contributed by atoms with Crippen molar-refractivity contribution in [3.63, 3.8) is 0 Å². The Balaban J connectivity index is 1.73. The van der Waals surface area contributed by atoms with Gasteiger partial charge in [0.1, 0.15) is 6.61 Å². The maximum Gasteiger partial charge on any atom is 0.411 e. The molecule has 0 bridgehead atoms. The quantitative estimate of drug-likeness (QED) is 0.773. The van der Waals surface area contributed by atoms with Crippen LogP contribution in [0.4, 0.5) is 13.2 Å². The van der Waals surface area contributed by atoms with Gasteiger partial charge in [0, 0.05) is 31.0 Å². The van der Waals surface area contributed by atoms with Gasteiger partial charge in [0.25, 0.3) is 0 Å². The molecule has 0 atom stereocenters. The Morgan fingerprint density at radius 2 is 1.62 bits per heavy atom. The molecular weight excluding hydrogens is 385 g/mol. The number of benzene rings is 1. The van der Waals surface area contributed by atoms with E-state index in [0.717, 1.165) is 5.56 Å². The highest BCUT2D eigenvalue weighted by Gasteiger charge is 2.32. The Kier molecular flexibility index (Phi) is 7.68. The second-order valence-corrected chi connectivity index (χ2v) is 8.46. The summed E-state index contributed by atoms with van der Waals surface area (Å²) >= 11 is 0. The molecule has 1 saturated heterocycles. The van der Waals surface area contributed by atoms with Crippen LogP contribution in [0.2, 0.25) is 0 Å². The predicted molar refractivity (Wildman–Crippen MR) is 103 cm³/mol. The average Bonchev–Trinajstić information content (AvgIpc) is 2.65. The predicted octanol–water partition coefficient (Wildman–Crippen LogP) is 3.67. The number of halogens is 3. The number of carbonyl (C=O) groups excluding carboxylic acids is 2. The fourth-order valence-corrected chi connectivity index (χ4v) is 3.19. The lowest BCUT2D eigenvalue weighted by Gasteiger charge is -2.35. The highest BCUT2D eigenvalue weighted by molar-refractivity contribution is 5.82. The Labute approximate surface area is 169 Å². The number of ether oxygens (including phenoxy) is 1. The van der Waals surface area contributed by atoms with Crippen molar-refractivity contribution in [2.45, 2.75) is 52.9 Å². The Hall–Kier alpha value is -2.09. The van der Waals surface area contributed by atoms with E-state index in [0.29, 0.717) is 38.0 Å². The fourth-order valence-electron chi connectivity index (χ4n) is 3.19. The van der Waals surface area contributed by atoms with Gasteiger partial charge in [-0.1, -0.05) is 45.0 Å². The van der Waals surface area contributed by atoms with Crippen molar-refractivity contribution < 1.29 is 27.5 Å². The highest BCUT2D eigenvalue weighted by atomic mass is 19.4. The summed E-state index contributed by atoms with van der Waals surface area (Å²) in [7, 11) is 0. The molecule has 0 saturated carbocycles. The average molecular weight is 414 g/mol. The van der Waals surface area contributed by atoms with Crippen molar-refractivity contribution in [1.29, 1.82) is 0 Å². The number of alkyl halides is 3. The molecule has 0 radical (unpaired) electrons. The third kappa shape index (κ3) is 7.68. The number of likely N-dealkylation sites (tertiary alicyclic amines) is 1. The lowest BCUT2D eigenvalue weighted by Crippen LogP contribution is -2.46. The summed E-state index contributed by atoms with van der Waals surface area (Å²) in [6, 6.07) is 6.90. The number of hydrogen-bond donors (Lipinski definition) is 1. The SMILES string of the molecule is CC(C)(C)C(=O)N1CCC(C(=O)NCc2ccc(COCC(F)(F)F)cc2)CC1. The standard InChI is InChI=1S/C21H29F3N2O3/c1-20(2,3)19(28)26-10-8-17(9-11-26)18(27)25-12-15-4-6-16(7-5-15)13-29-14-21(22,23)24/h4-7,17H,8-14H2,1-3H3,(H,25,27). The summed E-state index contributed by atoms with van der Waals surface area (Å²) in [5.41, 5.74) is 1.08. The van der Waals surface area contributed by atoms with E-state index in [4.69, 9.17) is 0 Å². The molecule has 29 heavy (non-hydrogen) atoms. The van der Waals surface area contributed by atoms with Gasteiger partial charge in [-0.2, -0.15) is 13.2 Å². The van der Waals surface area contributed by atoms with Crippen molar-refractivity contribution >= 4 is 11.8 Å². The zero-order valence-corrected chi connectivity index (χ0v) is 17.1. The Morgan fingerprint density at radius 1 is 1.07 bits per heavy atom. The number of carbonyl (C=O) groups is 2. The second-order valence-electron chi connectivity index (χ2n) is 8.46. The monoisotopic (exact) mass is 414 g/mol. The van der Waals surface area contributed by atoms with E-state index in [9.17, 15) is 22.8 Å². The molecule has 0 aliphatic carbocycles. The van der Waals surface area contributed by atoms with Crippen LogP contribution in [0, 0.1) is 11.3 Å². The molecule has 1 fully saturated rings. The first-order valence-electron chi connectivity index (χ1n) is 9.75. The summed E-state index contributed by atoms with van der Waals surface area (Å²) in [6.45, 7) is 5.81. The molecule has 8 heteroatoms. The molecule has 162 valence electrons. The molecular formula is C21H29F3N2O3. The van der Waals surface area contributed by atoms with E-state index in [1.54, 1.807) is 24.3 Å². The summed E-state index contributed by atoms with van der Waals surface area (Å²) < 4.78 is 40.9. The van der Waals surface area contributed by atoms with E-state index in [1.807, 2.05) is 25.7 Å². The number of rotatable bonds is 6. The molecule has 1 aromatic carbocycles. The smallest absolute Gasteiger partial charge is 0.367 e. The molecule has 5 nitrogen and oxygen atoms in total. The van der Waals surface area contributed by atoms with Crippen LogP contribution in [0.5, 0.6) is 0 Å². The van der Waals surface area contributed by atoms with Crippen LogP contribution in [0.3, 0.4) is 0 Å². The van der Waals surface area contributed by atoms with Gasteiger partial charge in [0.15, 0.2) is 0 Å². The van der Waals surface area contributed by atoms with Crippen molar-refractivity contribution in [3.05, 3.63) is 35.4 Å². The summed E-state index contributed by atoms with van der Waals surface area (Å²) in [5.74, 6) is -0.0461. The summed E-state index contributed by atoms with van der Waals surface area (Å²) in [4.78, 5) is 26.5. The van der Waals surface area contributed by atoms with Crippen LogP contribution in [0.15, 0.2) is 24.3 Å². The number of nitrogens with one attached hydrogen (secondary N) is 1. The molecule has 2 amide bonds. The molecule has 2 rings (SSSR count). The van der Waals surface area contributed by atoms with Gasteiger partial charge in [-0.25, -0.2) is 0 Å². The first-order valence-corrected chi connectivity index (χ1v) is 9.75. The maximum atomic E-state index is 12.4.